The molecule has 0 aliphatic heterocycles. The molecule has 0 spiro atoms. The van der Waals surface area contributed by atoms with Crippen molar-refractivity contribution in [1.82, 2.24) is 4.98 Å². The largest absolute Gasteiger partial charge is 0.297 e. The van der Waals surface area contributed by atoms with Crippen LogP contribution in [-0.2, 0) is 0 Å². The van der Waals surface area contributed by atoms with Crippen molar-refractivity contribution >= 4 is 77.2 Å². The smallest absolute Gasteiger partial charge is 0.269 e. The highest BCUT2D eigenvalue weighted by atomic mass is 35.5. The van der Waals surface area contributed by atoms with E-state index in [0.717, 1.165) is 4.70 Å². The monoisotopic (exact) mass is 396 g/mol. The van der Waals surface area contributed by atoms with Gasteiger partial charge in [0.2, 0.25) is 0 Å². The number of nitrogens with one attached hydrogen (secondary N) is 1. The summed E-state index contributed by atoms with van der Waals surface area (Å²) >= 11 is 14.9. The van der Waals surface area contributed by atoms with E-state index in [1.54, 1.807) is 18.2 Å². The number of thiazole rings is 1. The molecule has 0 radical (unpaired) electrons. The first kappa shape index (κ1) is 15.8. The summed E-state index contributed by atoms with van der Waals surface area (Å²) in [5, 5.41) is 4.60. The van der Waals surface area contributed by atoms with Gasteiger partial charge >= 0.3 is 0 Å². The van der Waals surface area contributed by atoms with Crippen molar-refractivity contribution < 1.29 is 9.18 Å². The maximum atomic E-state index is 13.2. The number of thiophene rings is 1. The van der Waals surface area contributed by atoms with Crippen molar-refractivity contribution in [2.24, 2.45) is 0 Å². The Labute approximate surface area is 153 Å². The van der Waals surface area contributed by atoms with Gasteiger partial charge in [-0.3, -0.25) is 10.1 Å². The van der Waals surface area contributed by atoms with E-state index in [-0.39, 0.29) is 11.7 Å². The average Bonchev–Trinajstić information content (AvgIpc) is 3.08. The molecule has 2 aromatic carbocycles. The SMILES string of the molecule is O=C(Nc1nc2ccc(F)cc2s1)c1sc2cccc(Cl)c2c1Cl. The first-order valence-electron chi connectivity index (χ1n) is 6.77. The molecule has 0 aliphatic rings. The zero-order valence-electron chi connectivity index (χ0n) is 11.8. The van der Waals surface area contributed by atoms with Crippen LogP contribution in [0.2, 0.25) is 10.0 Å². The van der Waals surface area contributed by atoms with E-state index in [1.807, 2.05) is 6.07 Å². The fraction of sp³-hybridized carbons (Fsp3) is 0. The average molecular weight is 397 g/mol. The fourth-order valence-electron chi connectivity index (χ4n) is 2.32. The molecule has 0 atom stereocenters. The van der Waals surface area contributed by atoms with Gasteiger partial charge in [-0.05, 0) is 30.3 Å². The Morgan fingerprint density at radius 1 is 1.12 bits per heavy atom. The van der Waals surface area contributed by atoms with Crippen LogP contribution in [0.3, 0.4) is 0 Å². The van der Waals surface area contributed by atoms with Crippen LogP contribution >= 0.6 is 45.9 Å². The van der Waals surface area contributed by atoms with Gasteiger partial charge in [-0.1, -0.05) is 40.6 Å². The minimum Gasteiger partial charge on any atom is -0.297 e. The lowest BCUT2D eigenvalue weighted by Gasteiger charge is -1.99. The Morgan fingerprint density at radius 2 is 1.96 bits per heavy atom. The molecule has 0 fully saturated rings. The topological polar surface area (TPSA) is 42.0 Å². The molecular weight excluding hydrogens is 390 g/mol. The normalized spacial score (nSPS) is 11.3. The van der Waals surface area contributed by atoms with E-state index in [2.05, 4.69) is 10.3 Å². The molecule has 4 rings (SSSR count). The van der Waals surface area contributed by atoms with Crippen LogP contribution in [0.5, 0.6) is 0 Å². The quantitative estimate of drug-likeness (QED) is 0.437. The number of carbonyl (C=O) groups excluding carboxylic acids is 1. The highest BCUT2D eigenvalue weighted by Crippen LogP contribution is 2.39. The number of anilines is 1. The van der Waals surface area contributed by atoms with Crippen molar-refractivity contribution in [3.05, 3.63) is 57.1 Å². The first-order chi connectivity index (χ1) is 11.5. The molecule has 24 heavy (non-hydrogen) atoms. The summed E-state index contributed by atoms with van der Waals surface area (Å²) < 4.78 is 14.7. The fourth-order valence-corrected chi connectivity index (χ4v) is 5.06. The van der Waals surface area contributed by atoms with Gasteiger partial charge in [0.15, 0.2) is 5.13 Å². The molecule has 2 aromatic heterocycles. The highest BCUT2D eigenvalue weighted by Gasteiger charge is 2.20. The van der Waals surface area contributed by atoms with Gasteiger partial charge in [0.05, 0.1) is 20.3 Å². The molecule has 120 valence electrons. The van der Waals surface area contributed by atoms with Crippen LogP contribution in [0.15, 0.2) is 36.4 Å². The zero-order valence-corrected chi connectivity index (χ0v) is 14.9. The maximum Gasteiger partial charge on any atom is 0.269 e. The lowest BCUT2D eigenvalue weighted by atomic mass is 10.2. The molecule has 0 saturated heterocycles. The van der Waals surface area contributed by atoms with Crippen LogP contribution in [0.1, 0.15) is 9.67 Å². The molecule has 8 heteroatoms. The van der Waals surface area contributed by atoms with Gasteiger partial charge in [0, 0.05) is 10.1 Å². The number of carbonyl (C=O) groups is 1. The molecule has 3 nitrogen and oxygen atoms in total. The molecule has 4 aromatic rings. The van der Waals surface area contributed by atoms with Crippen molar-refractivity contribution in [2.45, 2.75) is 0 Å². The van der Waals surface area contributed by atoms with Crippen LogP contribution in [0.25, 0.3) is 20.3 Å². The lowest BCUT2D eigenvalue weighted by molar-refractivity contribution is 0.103. The van der Waals surface area contributed by atoms with E-state index in [4.69, 9.17) is 23.2 Å². The van der Waals surface area contributed by atoms with Crippen molar-refractivity contribution in [3.63, 3.8) is 0 Å². The molecule has 1 N–H and O–H groups in total. The number of halogens is 3. The van der Waals surface area contributed by atoms with Crippen LogP contribution in [-0.4, -0.2) is 10.9 Å². The summed E-state index contributed by atoms with van der Waals surface area (Å²) in [5.41, 5.74) is 0.627. The number of amides is 1. The summed E-state index contributed by atoms with van der Waals surface area (Å²) in [6.07, 6.45) is 0. The third kappa shape index (κ3) is 2.65. The second kappa shape index (κ2) is 5.97. The van der Waals surface area contributed by atoms with E-state index in [1.165, 1.54) is 34.8 Å². The predicted octanol–water partition coefficient (Wildman–Crippen LogP) is 6.21. The van der Waals surface area contributed by atoms with Crippen molar-refractivity contribution in [1.29, 1.82) is 0 Å². The number of hydrogen-bond donors (Lipinski definition) is 1. The van der Waals surface area contributed by atoms with Gasteiger partial charge in [-0.2, -0.15) is 0 Å². The summed E-state index contributed by atoms with van der Waals surface area (Å²) in [5.74, 6) is -0.706. The Morgan fingerprint density at radius 3 is 2.75 bits per heavy atom. The van der Waals surface area contributed by atoms with E-state index in [9.17, 15) is 9.18 Å². The number of hydrogen-bond acceptors (Lipinski definition) is 4. The number of nitrogens with zero attached hydrogens (tertiary/aromatic N) is 1. The Bertz CT molecular complexity index is 1110. The van der Waals surface area contributed by atoms with E-state index < -0.39 is 0 Å². The molecular formula is C16H7Cl2FN2OS2. The first-order valence-corrected chi connectivity index (χ1v) is 9.16. The second-order valence-corrected chi connectivity index (χ2v) is 7.81. The Balaban J connectivity index is 1.70. The molecule has 0 bridgehead atoms. The third-order valence-corrected chi connectivity index (χ3v) is 6.28. The van der Waals surface area contributed by atoms with Crippen molar-refractivity contribution in [3.8, 4) is 0 Å². The van der Waals surface area contributed by atoms with Gasteiger partial charge in [0.25, 0.3) is 5.91 Å². The van der Waals surface area contributed by atoms with Crippen LogP contribution in [0.4, 0.5) is 9.52 Å². The van der Waals surface area contributed by atoms with Gasteiger partial charge in [-0.15, -0.1) is 11.3 Å². The second-order valence-electron chi connectivity index (χ2n) is 4.94. The Hall–Kier alpha value is -1.73. The van der Waals surface area contributed by atoms with Crippen LogP contribution in [0, 0.1) is 5.82 Å². The van der Waals surface area contributed by atoms with Crippen LogP contribution < -0.4 is 5.32 Å². The highest BCUT2D eigenvalue weighted by molar-refractivity contribution is 7.23. The summed E-state index contributed by atoms with van der Waals surface area (Å²) in [6, 6.07) is 9.68. The zero-order chi connectivity index (χ0) is 16.8. The van der Waals surface area contributed by atoms with Gasteiger partial charge in [0.1, 0.15) is 10.7 Å². The van der Waals surface area contributed by atoms with Gasteiger partial charge in [-0.25, -0.2) is 9.37 Å². The number of fused-ring (bicyclic) bond motifs is 2. The van der Waals surface area contributed by atoms with Crippen molar-refractivity contribution in [2.75, 3.05) is 5.32 Å². The predicted molar refractivity (Wildman–Crippen MR) is 99.4 cm³/mol. The maximum absolute atomic E-state index is 13.2. The molecule has 0 aliphatic carbocycles. The number of benzene rings is 2. The van der Waals surface area contributed by atoms with Gasteiger partial charge < -0.3 is 0 Å². The minimum absolute atomic E-state index is 0.324. The molecule has 0 saturated carbocycles. The molecule has 1 amide bonds. The summed E-state index contributed by atoms with van der Waals surface area (Å²) in [6.45, 7) is 0. The number of rotatable bonds is 2. The minimum atomic E-state index is -0.364. The number of aromatic nitrogens is 1. The molecule has 0 unspecified atom stereocenters. The lowest BCUT2D eigenvalue weighted by Crippen LogP contribution is -2.10. The standard InChI is InChI=1S/C16H7Cl2FN2OS2/c17-8-2-1-3-10-12(8)13(18)14(23-10)15(22)21-16-20-9-5-4-7(19)6-11(9)24-16/h1-6H,(H,20,21,22). The van der Waals surface area contributed by atoms with E-state index >= 15 is 0 Å². The molecule has 2 heterocycles. The Kier molecular flexibility index (Phi) is 3.92. The third-order valence-electron chi connectivity index (χ3n) is 3.38. The van der Waals surface area contributed by atoms with E-state index in [0.29, 0.717) is 35.7 Å². The summed E-state index contributed by atoms with van der Waals surface area (Å²) in [7, 11) is 0. The summed E-state index contributed by atoms with van der Waals surface area (Å²) in [4.78, 5) is 17.2.